The second-order valence-electron chi connectivity index (χ2n) is 6.88. The van der Waals surface area contributed by atoms with Crippen LogP contribution in [0.1, 0.15) is 22.9 Å². The van der Waals surface area contributed by atoms with Gasteiger partial charge in [0.05, 0.1) is 0 Å². The summed E-state index contributed by atoms with van der Waals surface area (Å²) in [6.07, 6.45) is 2.14. The molecule has 7 nitrogen and oxygen atoms in total. The molecule has 0 fully saturated rings. The fraction of sp³-hybridized carbons (Fsp3) is 0.200. The first kappa shape index (κ1) is 16.6. The fourth-order valence-corrected chi connectivity index (χ4v) is 3.88. The molecule has 0 bridgehead atoms. The van der Waals surface area contributed by atoms with E-state index in [1.54, 1.807) is 11.0 Å². The highest BCUT2D eigenvalue weighted by Gasteiger charge is 2.32. The summed E-state index contributed by atoms with van der Waals surface area (Å²) < 4.78 is 15.2. The third-order valence-corrected chi connectivity index (χ3v) is 5.23. The van der Waals surface area contributed by atoms with E-state index in [2.05, 4.69) is 20.5 Å². The van der Waals surface area contributed by atoms with Crippen LogP contribution >= 0.6 is 0 Å². The van der Waals surface area contributed by atoms with Crippen molar-refractivity contribution in [1.82, 2.24) is 30.1 Å². The predicted octanol–water partition coefficient (Wildman–Crippen LogP) is 2.47. The molecule has 1 N–H and O–H groups in total. The van der Waals surface area contributed by atoms with Crippen LogP contribution in [0, 0.1) is 5.82 Å². The summed E-state index contributed by atoms with van der Waals surface area (Å²) in [6.45, 7) is 0.996. The minimum Gasteiger partial charge on any atom is -0.358 e. The lowest BCUT2D eigenvalue weighted by atomic mass is 10.0. The maximum absolute atomic E-state index is 13.8. The average molecular weight is 376 g/mol. The second kappa shape index (κ2) is 6.56. The largest absolute Gasteiger partial charge is 0.358 e. The molecule has 1 amide bonds. The van der Waals surface area contributed by atoms with Gasteiger partial charge in [-0.25, -0.2) is 9.07 Å². The van der Waals surface area contributed by atoms with Crippen molar-refractivity contribution in [2.75, 3.05) is 6.54 Å². The summed E-state index contributed by atoms with van der Waals surface area (Å²) in [5.74, 6) is -0.372. The van der Waals surface area contributed by atoms with Crippen LogP contribution < -0.4 is 0 Å². The molecule has 5 rings (SSSR count). The zero-order valence-electron chi connectivity index (χ0n) is 14.9. The van der Waals surface area contributed by atoms with Crippen LogP contribution in [0.15, 0.2) is 54.9 Å². The SMILES string of the molecule is O=C([C@H](c1ccccc1)n1cnnn1)N1CCc2[nH]c3ccc(F)cc3c2C1. The first-order valence-electron chi connectivity index (χ1n) is 9.06. The molecule has 0 spiro atoms. The van der Waals surface area contributed by atoms with Gasteiger partial charge in [0.1, 0.15) is 12.1 Å². The Labute approximate surface area is 159 Å². The van der Waals surface area contributed by atoms with Crippen molar-refractivity contribution in [2.24, 2.45) is 0 Å². The van der Waals surface area contributed by atoms with Crippen LogP contribution in [0.5, 0.6) is 0 Å². The molecule has 0 unspecified atom stereocenters. The van der Waals surface area contributed by atoms with Crippen LogP contribution in [0.4, 0.5) is 4.39 Å². The highest BCUT2D eigenvalue weighted by molar-refractivity contribution is 5.87. The Kier molecular flexibility index (Phi) is 3.89. The fourth-order valence-electron chi connectivity index (χ4n) is 3.88. The van der Waals surface area contributed by atoms with Crippen LogP contribution in [0.25, 0.3) is 10.9 Å². The molecule has 0 saturated heterocycles. The summed E-state index contributed by atoms with van der Waals surface area (Å²) in [4.78, 5) is 18.6. The van der Waals surface area contributed by atoms with Gasteiger partial charge in [0.15, 0.2) is 6.04 Å². The van der Waals surface area contributed by atoms with Crippen molar-refractivity contribution in [1.29, 1.82) is 0 Å². The molecule has 28 heavy (non-hydrogen) atoms. The molecular formula is C20H17FN6O. The number of nitrogens with one attached hydrogen (secondary N) is 1. The molecule has 2 aromatic carbocycles. The molecule has 140 valence electrons. The normalized spacial score (nSPS) is 14.8. The zero-order chi connectivity index (χ0) is 19.1. The number of hydrogen-bond acceptors (Lipinski definition) is 4. The molecule has 1 atom stereocenters. The van der Waals surface area contributed by atoms with E-state index in [9.17, 15) is 9.18 Å². The Balaban J connectivity index is 1.51. The highest BCUT2D eigenvalue weighted by atomic mass is 19.1. The van der Waals surface area contributed by atoms with Gasteiger partial charge in [-0.2, -0.15) is 0 Å². The van der Waals surface area contributed by atoms with Crippen molar-refractivity contribution >= 4 is 16.8 Å². The Morgan fingerprint density at radius 2 is 2.04 bits per heavy atom. The van der Waals surface area contributed by atoms with E-state index in [1.165, 1.54) is 23.1 Å². The summed E-state index contributed by atoms with van der Waals surface area (Å²) >= 11 is 0. The molecule has 0 saturated carbocycles. The van der Waals surface area contributed by atoms with Gasteiger partial charge in [-0.3, -0.25) is 4.79 Å². The Morgan fingerprint density at radius 3 is 2.82 bits per heavy atom. The van der Waals surface area contributed by atoms with E-state index in [0.717, 1.165) is 27.7 Å². The quantitative estimate of drug-likeness (QED) is 0.596. The highest BCUT2D eigenvalue weighted by Crippen LogP contribution is 2.30. The molecule has 3 heterocycles. The number of hydrogen-bond donors (Lipinski definition) is 1. The number of tetrazole rings is 1. The Bertz CT molecular complexity index is 1140. The number of halogens is 1. The van der Waals surface area contributed by atoms with Gasteiger partial charge in [0.25, 0.3) is 5.91 Å². The number of H-pyrrole nitrogens is 1. The third-order valence-electron chi connectivity index (χ3n) is 5.23. The van der Waals surface area contributed by atoms with Gasteiger partial charge >= 0.3 is 0 Å². The average Bonchev–Trinajstić information content (AvgIpc) is 3.36. The Hall–Kier alpha value is -3.55. The summed E-state index contributed by atoms with van der Waals surface area (Å²) in [6, 6.07) is 13.5. The number of amides is 1. The first-order valence-corrected chi connectivity index (χ1v) is 9.06. The molecule has 1 aliphatic rings. The maximum Gasteiger partial charge on any atom is 0.252 e. The van der Waals surface area contributed by atoms with Gasteiger partial charge in [-0.15, -0.1) is 5.10 Å². The monoisotopic (exact) mass is 376 g/mol. The number of nitrogens with zero attached hydrogens (tertiary/aromatic N) is 5. The number of rotatable bonds is 3. The smallest absolute Gasteiger partial charge is 0.252 e. The summed E-state index contributed by atoms with van der Waals surface area (Å²) in [5.41, 5.74) is 3.73. The first-order chi connectivity index (χ1) is 13.7. The minimum atomic E-state index is -0.639. The maximum atomic E-state index is 13.8. The van der Waals surface area contributed by atoms with Crippen LogP contribution in [0.2, 0.25) is 0 Å². The molecular weight excluding hydrogens is 359 g/mol. The molecule has 0 aliphatic carbocycles. The van der Waals surface area contributed by atoms with Crippen LogP contribution in [-0.2, 0) is 17.8 Å². The van der Waals surface area contributed by atoms with E-state index in [-0.39, 0.29) is 11.7 Å². The lowest BCUT2D eigenvalue weighted by Gasteiger charge is -2.30. The number of benzene rings is 2. The lowest BCUT2D eigenvalue weighted by molar-refractivity contribution is -0.134. The molecule has 8 heteroatoms. The van der Waals surface area contributed by atoms with Crippen LogP contribution in [-0.4, -0.2) is 42.5 Å². The standard InChI is InChI=1S/C20H17FN6O/c21-14-6-7-17-15(10-14)16-11-26(9-8-18(16)23-17)20(28)19(27-12-22-24-25-27)13-4-2-1-3-5-13/h1-7,10,12,19,23H,8-9,11H2/t19-/m0/s1. The van der Waals surface area contributed by atoms with Gasteiger partial charge in [-0.1, -0.05) is 30.3 Å². The summed E-state index contributed by atoms with van der Waals surface area (Å²) in [7, 11) is 0. The van der Waals surface area contributed by atoms with E-state index >= 15 is 0 Å². The molecule has 1 aliphatic heterocycles. The van der Waals surface area contributed by atoms with Crippen molar-refractivity contribution < 1.29 is 9.18 Å². The van der Waals surface area contributed by atoms with Crippen molar-refractivity contribution in [3.8, 4) is 0 Å². The minimum absolute atomic E-state index is 0.0881. The third kappa shape index (κ3) is 2.74. The number of carbonyl (C=O) groups excluding carboxylic acids is 1. The van der Waals surface area contributed by atoms with Gasteiger partial charge in [0, 0.05) is 41.7 Å². The molecule has 0 radical (unpaired) electrons. The lowest BCUT2D eigenvalue weighted by Crippen LogP contribution is -2.41. The van der Waals surface area contributed by atoms with Crippen molar-refractivity contribution in [2.45, 2.75) is 19.0 Å². The number of fused-ring (bicyclic) bond motifs is 3. The van der Waals surface area contributed by atoms with Crippen LogP contribution in [0.3, 0.4) is 0 Å². The zero-order valence-corrected chi connectivity index (χ0v) is 14.9. The Morgan fingerprint density at radius 1 is 1.18 bits per heavy atom. The number of carbonyl (C=O) groups is 1. The second-order valence-corrected chi connectivity index (χ2v) is 6.88. The number of aromatic nitrogens is 5. The summed E-state index contributed by atoms with van der Waals surface area (Å²) in [5, 5.41) is 12.2. The molecule has 2 aromatic heterocycles. The molecule has 4 aromatic rings. The number of aromatic amines is 1. The topological polar surface area (TPSA) is 79.7 Å². The van der Waals surface area contributed by atoms with Crippen molar-refractivity contribution in [3.05, 3.63) is 77.5 Å². The van der Waals surface area contributed by atoms with E-state index in [1.807, 2.05) is 30.3 Å². The van der Waals surface area contributed by atoms with E-state index in [0.29, 0.717) is 19.5 Å². The van der Waals surface area contributed by atoms with E-state index < -0.39 is 6.04 Å². The van der Waals surface area contributed by atoms with E-state index in [4.69, 9.17) is 0 Å². The van der Waals surface area contributed by atoms with Gasteiger partial charge < -0.3 is 9.88 Å². The van der Waals surface area contributed by atoms with Crippen molar-refractivity contribution in [3.63, 3.8) is 0 Å². The van der Waals surface area contributed by atoms with Gasteiger partial charge in [0.2, 0.25) is 0 Å². The predicted molar refractivity (Wildman–Crippen MR) is 99.8 cm³/mol. The van der Waals surface area contributed by atoms with Gasteiger partial charge in [-0.05, 0) is 34.2 Å².